The Hall–Kier alpha value is -3.84. The predicted octanol–water partition coefficient (Wildman–Crippen LogP) is 4.04. The quantitative estimate of drug-likeness (QED) is 0.422. The Kier molecular flexibility index (Phi) is 6.95. The van der Waals surface area contributed by atoms with Crippen LogP contribution in [0.3, 0.4) is 0 Å². The van der Waals surface area contributed by atoms with Gasteiger partial charge in [-0.25, -0.2) is 4.98 Å². The normalized spacial score (nSPS) is 14.3. The zero-order valence-corrected chi connectivity index (χ0v) is 20.1. The molecule has 1 fully saturated rings. The van der Waals surface area contributed by atoms with E-state index in [9.17, 15) is 4.79 Å². The number of fused-ring (bicyclic) bond motifs is 1. The van der Waals surface area contributed by atoms with Crippen molar-refractivity contribution in [1.82, 2.24) is 19.8 Å². The Morgan fingerprint density at radius 2 is 1.77 bits per heavy atom. The van der Waals surface area contributed by atoms with E-state index in [4.69, 9.17) is 4.74 Å². The van der Waals surface area contributed by atoms with Crippen LogP contribution < -0.4 is 9.64 Å². The van der Waals surface area contributed by atoms with Gasteiger partial charge in [-0.15, -0.1) is 0 Å². The van der Waals surface area contributed by atoms with E-state index in [1.54, 1.807) is 7.11 Å². The van der Waals surface area contributed by atoms with E-state index >= 15 is 0 Å². The number of nitrogens with zero attached hydrogens (tertiary/aromatic N) is 4. The number of carbonyl (C=O) groups is 1. The highest BCUT2D eigenvalue weighted by Gasteiger charge is 2.23. The largest absolute Gasteiger partial charge is 0.497 e. The Morgan fingerprint density at radius 3 is 2.49 bits per heavy atom. The molecule has 0 spiro atoms. The van der Waals surface area contributed by atoms with Crippen LogP contribution in [0.2, 0.25) is 0 Å². The summed E-state index contributed by atoms with van der Waals surface area (Å²) in [5, 5.41) is 1.07. The van der Waals surface area contributed by atoms with Crippen molar-refractivity contribution in [2.24, 2.45) is 0 Å². The average Bonchev–Trinajstić information content (AvgIpc) is 3.36. The number of aromatic amines is 1. The number of amides is 1. The van der Waals surface area contributed by atoms with Crippen LogP contribution in [0.1, 0.15) is 16.1 Å². The van der Waals surface area contributed by atoms with Gasteiger partial charge in [0, 0.05) is 62.9 Å². The van der Waals surface area contributed by atoms with Crippen LogP contribution in [0.4, 0.5) is 5.82 Å². The molecule has 1 aliphatic heterocycles. The number of pyridine rings is 1. The number of piperazine rings is 1. The fourth-order valence-electron chi connectivity index (χ4n) is 4.56. The summed E-state index contributed by atoms with van der Waals surface area (Å²) in [5.41, 5.74) is 2.88. The number of methoxy groups -OCH3 is 1. The smallest absolute Gasteiger partial charge is 0.270 e. The van der Waals surface area contributed by atoms with Gasteiger partial charge in [-0.1, -0.05) is 36.4 Å². The molecule has 7 heteroatoms. The molecule has 1 aliphatic rings. The SMILES string of the molecule is COc1ccc(CN(CCN2CCN(C(=O)c3cc4ccccc4[nH]3)CC2)c2ccccn2)cc1. The number of carbonyl (C=O) groups excluding carboxylic acids is 1. The van der Waals surface area contributed by atoms with Crippen molar-refractivity contribution in [3.05, 3.63) is 90.3 Å². The van der Waals surface area contributed by atoms with Gasteiger partial charge in [-0.2, -0.15) is 0 Å². The van der Waals surface area contributed by atoms with Crippen molar-refractivity contribution in [3.63, 3.8) is 0 Å². The maximum Gasteiger partial charge on any atom is 0.270 e. The molecule has 5 rings (SSSR count). The zero-order valence-electron chi connectivity index (χ0n) is 20.1. The van der Waals surface area contributed by atoms with E-state index in [2.05, 4.69) is 38.0 Å². The van der Waals surface area contributed by atoms with Gasteiger partial charge in [0.25, 0.3) is 5.91 Å². The molecule has 0 bridgehead atoms. The van der Waals surface area contributed by atoms with Crippen LogP contribution in [0, 0.1) is 0 Å². The molecule has 35 heavy (non-hydrogen) atoms. The van der Waals surface area contributed by atoms with Gasteiger partial charge in [0.15, 0.2) is 0 Å². The van der Waals surface area contributed by atoms with E-state index in [-0.39, 0.29) is 5.91 Å². The van der Waals surface area contributed by atoms with Gasteiger partial charge in [0.2, 0.25) is 0 Å². The second-order valence-corrected chi connectivity index (χ2v) is 8.86. The molecule has 0 saturated carbocycles. The van der Waals surface area contributed by atoms with Gasteiger partial charge in [0.1, 0.15) is 17.3 Å². The molecule has 1 saturated heterocycles. The first-order chi connectivity index (χ1) is 17.2. The van der Waals surface area contributed by atoms with E-state index < -0.39 is 0 Å². The van der Waals surface area contributed by atoms with Crippen LogP contribution in [0.25, 0.3) is 10.9 Å². The molecule has 4 aromatic rings. The maximum absolute atomic E-state index is 13.0. The number of nitrogens with one attached hydrogen (secondary N) is 1. The number of ether oxygens (including phenoxy) is 1. The standard InChI is InChI=1S/C28H31N5O2/c1-35-24-11-9-22(10-12-24)21-33(27-8-4-5-13-29-27)19-16-31-14-17-32(18-15-31)28(34)26-20-23-6-2-3-7-25(23)30-26/h2-13,20,30H,14-19,21H2,1H3. The van der Waals surface area contributed by atoms with Gasteiger partial charge < -0.3 is 19.5 Å². The number of hydrogen-bond donors (Lipinski definition) is 1. The van der Waals surface area contributed by atoms with E-state index in [1.165, 1.54) is 5.56 Å². The van der Waals surface area contributed by atoms with Gasteiger partial charge in [0.05, 0.1) is 7.11 Å². The summed E-state index contributed by atoms with van der Waals surface area (Å²) in [5.74, 6) is 1.91. The summed E-state index contributed by atoms with van der Waals surface area (Å²) in [6, 6.07) is 24.2. The molecule has 2 aromatic carbocycles. The highest BCUT2D eigenvalue weighted by atomic mass is 16.5. The second-order valence-electron chi connectivity index (χ2n) is 8.86. The first kappa shape index (κ1) is 22.9. The summed E-state index contributed by atoms with van der Waals surface area (Å²) in [6.07, 6.45) is 1.84. The third-order valence-electron chi connectivity index (χ3n) is 6.61. The van der Waals surface area contributed by atoms with Crippen LogP contribution in [-0.4, -0.2) is 72.1 Å². The number of H-pyrrole nitrogens is 1. The van der Waals surface area contributed by atoms with Crippen molar-refractivity contribution in [3.8, 4) is 5.75 Å². The van der Waals surface area contributed by atoms with Gasteiger partial charge in [-0.05, 0) is 42.0 Å². The molecule has 1 N–H and O–H groups in total. The summed E-state index contributed by atoms with van der Waals surface area (Å²) < 4.78 is 5.29. The fraction of sp³-hybridized carbons (Fsp3) is 0.286. The molecule has 1 amide bonds. The van der Waals surface area contributed by atoms with Crippen LogP contribution in [0.15, 0.2) is 79.0 Å². The van der Waals surface area contributed by atoms with Crippen molar-refractivity contribution in [2.75, 3.05) is 51.3 Å². The monoisotopic (exact) mass is 469 g/mol. The predicted molar refractivity (Wildman–Crippen MR) is 139 cm³/mol. The van der Waals surface area contributed by atoms with E-state index in [0.29, 0.717) is 5.69 Å². The molecule has 0 unspecified atom stereocenters. The summed E-state index contributed by atoms with van der Waals surface area (Å²) in [6.45, 7) is 5.75. The second kappa shape index (κ2) is 10.6. The summed E-state index contributed by atoms with van der Waals surface area (Å²) in [7, 11) is 1.68. The lowest BCUT2D eigenvalue weighted by Gasteiger charge is -2.36. The number of benzene rings is 2. The number of anilines is 1. The average molecular weight is 470 g/mol. The molecular weight excluding hydrogens is 438 g/mol. The Balaban J connectivity index is 1.18. The minimum Gasteiger partial charge on any atom is -0.497 e. The minimum absolute atomic E-state index is 0.0791. The van der Waals surface area contributed by atoms with E-state index in [0.717, 1.165) is 68.3 Å². The van der Waals surface area contributed by atoms with Crippen molar-refractivity contribution in [2.45, 2.75) is 6.54 Å². The highest BCUT2D eigenvalue weighted by Crippen LogP contribution is 2.19. The first-order valence-corrected chi connectivity index (χ1v) is 12.1. The van der Waals surface area contributed by atoms with Crippen LogP contribution in [0.5, 0.6) is 5.75 Å². The lowest BCUT2D eigenvalue weighted by atomic mass is 10.2. The third-order valence-corrected chi connectivity index (χ3v) is 6.61. The molecule has 0 radical (unpaired) electrons. The topological polar surface area (TPSA) is 64.7 Å². The van der Waals surface area contributed by atoms with Crippen LogP contribution >= 0.6 is 0 Å². The molecule has 0 aliphatic carbocycles. The molecular formula is C28H31N5O2. The van der Waals surface area contributed by atoms with Gasteiger partial charge >= 0.3 is 0 Å². The number of rotatable bonds is 8. The maximum atomic E-state index is 13.0. The molecule has 3 heterocycles. The third kappa shape index (κ3) is 5.46. The number of para-hydroxylation sites is 1. The summed E-state index contributed by atoms with van der Waals surface area (Å²) in [4.78, 5) is 27.6. The molecule has 180 valence electrons. The molecule has 0 atom stereocenters. The molecule has 7 nitrogen and oxygen atoms in total. The number of aromatic nitrogens is 2. The lowest BCUT2D eigenvalue weighted by molar-refractivity contribution is 0.0635. The Morgan fingerprint density at radius 1 is 1.00 bits per heavy atom. The Bertz CT molecular complexity index is 1210. The Labute approximate surface area is 205 Å². The van der Waals surface area contributed by atoms with Gasteiger partial charge in [-0.3, -0.25) is 9.69 Å². The number of hydrogen-bond acceptors (Lipinski definition) is 5. The minimum atomic E-state index is 0.0791. The lowest BCUT2D eigenvalue weighted by Crippen LogP contribution is -2.50. The zero-order chi connectivity index (χ0) is 24.0. The van der Waals surface area contributed by atoms with Crippen molar-refractivity contribution in [1.29, 1.82) is 0 Å². The van der Waals surface area contributed by atoms with Crippen molar-refractivity contribution >= 4 is 22.6 Å². The fourth-order valence-corrected chi connectivity index (χ4v) is 4.56. The first-order valence-electron chi connectivity index (χ1n) is 12.1. The summed E-state index contributed by atoms with van der Waals surface area (Å²) >= 11 is 0. The van der Waals surface area contributed by atoms with Crippen molar-refractivity contribution < 1.29 is 9.53 Å². The highest BCUT2D eigenvalue weighted by molar-refractivity contribution is 5.98. The van der Waals surface area contributed by atoms with E-state index in [1.807, 2.05) is 65.7 Å². The van der Waals surface area contributed by atoms with Crippen LogP contribution in [-0.2, 0) is 6.54 Å². The molecule has 2 aromatic heterocycles.